The zero-order chi connectivity index (χ0) is 15.3. The number of carbonyl (C=O) groups excluding carboxylic acids is 1. The van der Waals surface area contributed by atoms with Crippen molar-refractivity contribution in [2.75, 3.05) is 7.05 Å². The molecule has 0 heterocycles. The van der Waals surface area contributed by atoms with Gasteiger partial charge in [0.2, 0.25) is 5.91 Å². The normalized spacial score (nSPS) is 13.3. The van der Waals surface area contributed by atoms with Gasteiger partial charge < -0.3 is 15.8 Å². The predicted molar refractivity (Wildman–Crippen MR) is 74.6 cm³/mol. The van der Waals surface area contributed by atoms with Gasteiger partial charge in [-0.1, -0.05) is 31.1 Å². The average Bonchev–Trinajstić information content (AvgIpc) is 2.38. The molecule has 0 spiro atoms. The summed E-state index contributed by atoms with van der Waals surface area (Å²) < 4.78 is 13.1. The van der Waals surface area contributed by atoms with Crippen LogP contribution >= 0.6 is 0 Å². The van der Waals surface area contributed by atoms with E-state index in [1.165, 1.54) is 17.0 Å². The Labute approximate surface area is 117 Å². The standard InChI is InChI=1S/C14H20FN3O2/c1-9(2)12(13(16)17-20)14(19)18(3)8-10-5-4-6-11(15)7-10/h4-7,9,12,20H,8H2,1-3H3,(H2,16,17). The van der Waals surface area contributed by atoms with E-state index >= 15 is 0 Å². The van der Waals surface area contributed by atoms with Crippen molar-refractivity contribution in [1.82, 2.24) is 4.90 Å². The number of hydrogen-bond acceptors (Lipinski definition) is 3. The molecule has 0 fully saturated rings. The van der Waals surface area contributed by atoms with Gasteiger partial charge >= 0.3 is 0 Å². The van der Waals surface area contributed by atoms with Crippen LogP contribution in [0.3, 0.4) is 0 Å². The first-order valence-corrected chi connectivity index (χ1v) is 6.33. The Hall–Kier alpha value is -2.11. The number of hydrogen-bond donors (Lipinski definition) is 2. The van der Waals surface area contributed by atoms with Crippen molar-refractivity contribution in [1.29, 1.82) is 0 Å². The van der Waals surface area contributed by atoms with Crippen LogP contribution in [0.25, 0.3) is 0 Å². The quantitative estimate of drug-likeness (QED) is 0.374. The van der Waals surface area contributed by atoms with Crippen molar-refractivity contribution < 1.29 is 14.4 Å². The number of benzene rings is 1. The molecule has 5 nitrogen and oxygen atoms in total. The van der Waals surface area contributed by atoms with Gasteiger partial charge in [0, 0.05) is 13.6 Å². The maximum absolute atomic E-state index is 13.1. The summed E-state index contributed by atoms with van der Waals surface area (Å²) in [6.07, 6.45) is 0. The molecule has 0 aromatic heterocycles. The lowest BCUT2D eigenvalue weighted by molar-refractivity contribution is -0.133. The van der Waals surface area contributed by atoms with Gasteiger partial charge in [-0.3, -0.25) is 4.79 Å². The third-order valence-electron chi connectivity index (χ3n) is 3.05. The van der Waals surface area contributed by atoms with Gasteiger partial charge in [-0.25, -0.2) is 4.39 Å². The SMILES string of the molecule is CC(C)C(C(=O)N(C)Cc1cccc(F)c1)C(N)=NO. The molecule has 1 aromatic carbocycles. The first-order chi connectivity index (χ1) is 9.36. The van der Waals surface area contributed by atoms with Crippen molar-refractivity contribution >= 4 is 11.7 Å². The van der Waals surface area contributed by atoms with Crippen LogP contribution < -0.4 is 5.73 Å². The highest BCUT2D eigenvalue weighted by atomic mass is 19.1. The summed E-state index contributed by atoms with van der Waals surface area (Å²) in [5.74, 6) is -1.53. The molecule has 0 aliphatic carbocycles. The molecular weight excluding hydrogens is 261 g/mol. The zero-order valence-corrected chi connectivity index (χ0v) is 11.9. The molecule has 1 amide bonds. The Morgan fingerprint density at radius 2 is 2.15 bits per heavy atom. The number of nitrogens with two attached hydrogens (primary N) is 1. The fourth-order valence-electron chi connectivity index (χ4n) is 2.04. The van der Waals surface area contributed by atoms with Gasteiger partial charge in [0.25, 0.3) is 0 Å². The highest BCUT2D eigenvalue weighted by Crippen LogP contribution is 2.16. The van der Waals surface area contributed by atoms with E-state index in [0.29, 0.717) is 5.56 Å². The Morgan fingerprint density at radius 1 is 1.50 bits per heavy atom. The van der Waals surface area contributed by atoms with Gasteiger partial charge in [0.1, 0.15) is 11.7 Å². The minimum absolute atomic E-state index is 0.103. The minimum atomic E-state index is -0.696. The van der Waals surface area contributed by atoms with Crippen molar-refractivity contribution in [2.45, 2.75) is 20.4 Å². The first kappa shape index (κ1) is 15.9. The molecule has 0 aliphatic rings. The molecule has 0 radical (unpaired) electrons. The van der Waals surface area contributed by atoms with E-state index in [2.05, 4.69) is 5.16 Å². The fraction of sp³-hybridized carbons (Fsp3) is 0.429. The zero-order valence-electron chi connectivity index (χ0n) is 11.9. The number of amidine groups is 1. The number of oxime groups is 1. The van der Waals surface area contributed by atoms with Crippen LogP contribution in [0.15, 0.2) is 29.4 Å². The topological polar surface area (TPSA) is 78.9 Å². The van der Waals surface area contributed by atoms with E-state index in [4.69, 9.17) is 10.9 Å². The van der Waals surface area contributed by atoms with E-state index in [9.17, 15) is 9.18 Å². The molecule has 0 saturated heterocycles. The molecule has 1 unspecified atom stereocenters. The fourth-order valence-corrected chi connectivity index (χ4v) is 2.04. The summed E-state index contributed by atoms with van der Waals surface area (Å²) in [6.45, 7) is 3.89. The Bertz CT molecular complexity index is 503. The van der Waals surface area contributed by atoms with Crippen LogP contribution in [-0.2, 0) is 11.3 Å². The van der Waals surface area contributed by atoms with Crippen LogP contribution in [0.5, 0.6) is 0 Å². The van der Waals surface area contributed by atoms with Crippen LogP contribution in [0.4, 0.5) is 4.39 Å². The number of nitrogens with zero attached hydrogens (tertiary/aromatic N) is 2. The minimum Gasteiger partial charge on any atom is -0.409 e. The van der Waals surface area contributed by atoms with E-state index in [-0.39, 0.29) is 30.0 Å². The van der Waals surface area contributed by atoms with Gasteiger partial charge in [-0.05, 0) is 23.6 Å². The summed E-state index contributed by atoms with van der Waals surface area (Å²) in [6, 6.07) is 6.05. The monoisotopic (exact) mass is 281 g/mol. The molecule has 1 atom stereocenters. The molecule has 0 aliphatic heterocycles. The van der Waals surface area contributed by atoms with Gasteiger partial charge in [-0.15, -0.1) is 0 Å². The maximum atomic E-state index is 13.1. The summed E-state index contributed by atoms with van der Waals surface area (Å²) >= 11 is 0. The lowest BCUT2D eigenvalue weighted by Gasteiger charge is -2.25. The lowest BCUT2D eigenvalue weighted by atomic mass is 9.93. The summed E-state index contributed by atoms with van der Waals surface area (Å²) in [7, 11) is 1.60. The molecule has 1 aromatic rings. The number of halogens is 1. The second kappa shape index (κ2) is 6.88. The highest BCUT2D eigenvalue weighted by molar-refractivity contribution is 6.02. The van der Waals surface area contributed by atoms with Crippen LogP contribution in [0, 0.1) is 17.7 Å². The van der Waals surface area contributed by atoms with Crippen molar-refractivity contribution in [3.05, 3.63) is 35.6 Å². The summed E-state index contributed by atoms with van der Waals surface area (Å²) in [4.78, 5) is 13.8. The third kappa shape index (κ3) is 3.94. The number of rotatable bonds is 5. The first-order valence-electron chi connectivity index (χ1n) is 6.33. The summed E-state index contributed by atoms with van der Waals surface area (Å²) in [5, 5.41) is 11.7. The molecule has 110 valence electrons. The highest BCUT2D eigenvalue weighted by Gasteiger charge is 2.29. The second-order valence-corrected chi connectivity index (χ2v) is 5.07. The van der Waals surface area contributed by atoms with Crippen molar-refractivity contribution in [3.63, 3.8) is 0 Å². The largest absolute Gasteiger partial charge is 0.409 e. The molecule has 0 saturated carbocycles. The van der Waals surface area contributed by atoms with E-state index in [0.717, 1.165) is 0 Å². The summed E-state index contributed by atoms with van der Waals surface area (Å²) in [5.41, 5.74) is 6.25. The van der Waals surface area contributed by atoms with E-state index in [1.807, 2.05) is 13.8 Å². The molecule has 3 N–H and O–H groups in total. The molecule has 6 heteroatoms. The van der Waals surface area contributed by atoms with Gasteiger partial charge in [0.15, 0.2) is 5.84 Å². The van der Waals surface area contributed by atoms with E-state index < -0.39 is 5.92 Å². The van der Waals surface area contributed by atoms with Crippen LogP contribution in [0.2, 0.25) is 0 Å². The van der Waals surface area contributed by atoms with Crippen molar-refractivity contribution in [2.24, 2.45) is 22.7 Å². The molecular formula is C14H20FN3O2. The Morgan fingerprint density at radius 3 is 2.65 bits per heavy atom. The van der Waals surface area contributed by atoms with Crippen molar-refractivity contribution in [3.8, 4) is 0 Å². The molecule has 20 heavy (non-hydrogen) atoms. The third-order valence-corrected chi connectivity index (χ3v) is 3.05. The number of amides is 1. The van der Waals surface area contributed by atoms with Crippen LogP contribution in [-0.4, -0.2) is 28.9 Å². The Balaban J connectivity index is 2.84. The van der Waals surface area contributed by atoms with Gasteiger partial charge in [-0.2, -0.15) is 0 Å². The predicted octanol–water partition coefficient (Wildman–Crippen LogP) is 1.80. The van der Waals surface area contributed by atoms with Gasteiger partial charge in [0.05, 0.1) is 0 Å². The Kier molecular flexibility index (Phi) is 5.49. The lowest BCUT2D eigenvalue weighted by Crippen LogP contribution is -2.42. The average molecular weight is 281 g/mol. The van der Waals surface area contributed by atoms with E-state index in [1.54, 1.807) is 19.2 Å². The maximum Gasteiger partial charge on any atom is 0.233 e. The second-order valence-electron chi connectivity index (χ2n) is 5.07. The molecule has 0 bridgehead atoms. The molecule has 1 rings (SSSR count). The van der Waals surface area contributed by atoms with Crippen LogP contribution in [0.1, 0.15) is 19.4 Å². The smallest absolute Gasteiger partial charge is 0.233 e. The number of carbonyl (C=O) groups is 1.